The van der Waals surface area contributed by atoms with Gasteiger partial charge in [0.25, 0.3) is 0 Å². The molecule has 0 bridgehead atoms. The molecule has 0 aromatic heterocycles. The minimum atomic E-state index is 0.974. The van der Waals surface area contributed by atoms with Crippen molar-refractivity contribution in [3.63, 3.8) is 0 Å². The van der Waals surface area contributed by atoms with Crippen LogP contribution in [0.4, 0.5) is 0 Å². The summed E-state index contributed by atoms with van der Waals surface area (Å²) in [5, 5.41) is 0. The summed E-state index contributed by atoms with van der Waals surface area (Å²) in [6.07, 6.45) is 55.3. The standard InChI is InChI=1S/C40H76N/c1-5-13-21-29-37(30-22-14-6-1)41(38-31-23-15-7-2-8-16-24-32-38,39-33-25-17-9-3-10-18-26-34-39)40-35-27-19-11-4-12-20-28-36-40/h37-40H,1-36H2/q+1. The molecule has 0 radical (unpaired) electrons. The summed E-state index contributed by atoms with van der Waals surface area (Å²) in [7, 11) is 0. The third kappa shape index (κ3) is 11.1. The Kier molecular flexibility index (Phi) is 17.2. The topological polar surface area (TPSA) is 0 Å². The van der Waals surface area contributed by atoms with E-state index in [0.29, 0.717) is 0 Å². The number of quaternary nitrogens is 1. The fourth-order valence-corrected chi connectivity index (χ4v) is 10.7. The highest BCUT2D eigenvalue weighted by Gasteiger charge is 2.52. The summed E-state index contributed by atoms with van der Waals surface area (Å²) in [6.45, 7) is 0. The Balaban J connectivity index is 1.77. The molecule has 0 atom stereocenters. The van der Waals surface area contributed by atoms with E-state index in [1.807, 2.05) is 0 Å². The smallest absolute Gasteiger partial charge is 0.0896 e. The molecule has 0 amide bonds. The van der Waals surface area contributed by atoms with Crippen LogP contribution in [0.5, 0.6) is 0 Å². The van der Waals surface area contributed by atoms with Gasteiger partial charge in [-0.25, -0.2) is 0 Å². The Morgan fingerprint density at radius 1 is 0.171 bits per heavy atom. The Morgan fingerprint density at radius 2 is 0.293 bits per heavy atom. The van der Waals surface area contributed by atoms with Crippen molar-refractivity contribution in [2.75, 3.05) is 0 Å². The maximum Gasteiger partial charge on any atom is 0.0896 e. The van der Waals surface area contributed by atoms with Crippen LogP contribution in [-0.2, 0) is 0 Å². The van der Waals surface area contributed by atoms with Crippen molar-refractivity contribution in [3.8, 4) is 0 Å². The first kappa shape index (κ1) is 33.8. The van der Waals surface area contributed by atoms with Gasteiger partial charge in [0.2, 0.25) is 0 Å². The zero-order valence-electron chi connectivity index (χ0n) is 28.2. The van der Waals surface area contributed by atoms with Crippen molar-refractivity contribution in [3.05, 3.63) is 0 Å². The van der Waals surface area contributed by atoms with Gasteiger partial charge in [0.15, 0.2) is 0 Å². The van der Waals surface area contributed by atoms with Crippen molar-refractivity contribution < 1.29 is 4.48 Å². The maximum atomic E-state index is 1.67. The molecular formula is C40H76N+. The molecule has 4 fully saturated rings. The van der Waals surface area contributed by atoms with Crippen molar-refractivity contribution in [1.82, 2.24) is 0 Å². The van der Waals surface area contributed by atoms with Gasteiger partial charge in [-0.15, -0.1) is 0 Å². The van der Waals surface area contributed by atoms with E-state index in [4.69, 9.17) is 0 Å². The van der Waals surface area contributed by atoms with Crippen LogP contribution in [0.3, 0.4) is 0 Å². The maximum absolute atomic E-state index is 1.67. The normalized spacial score (nSPS) is 27.5. The number of rotatable bonds is 4. The van der Waals surface area contributed by atoms with Crippen LogP contribution >= 0.6 is 0 Å². The predicted octanol–water partition coefficient (Wildman–Crippen LogP) is 13.4. The van der Waals surface area contributed by atoms with Gasteiger partial charge in [0.05, 0.1) is 24.2 Å². The molecule has 0 unspecified atom stereocenters. The van der Waals surface area contributed by atoms with E-state index in [0.717, 1.165) is 24.2 Å². The van der Waals surface area contributed by atoms with E-state index in [1.54, 1.807) is 55.8 Å². The average molecular weight is 571 g/mol. The lowest BCUT2D eigenvalue weighted by molar-refractivity contribution is -1.02. The molecule has 4 saturated carbocycles. The molecule has 4 aliphatic carbocycles. The molecule has 0 aliphatic heterocycles. The third-order valence-electron chi connectivity index (χ3n) is 12.8. The van der Waals surface area contributed by atoms with Gasteiger partial charge in [-0.05, 0) is 103 Å². The third-order valence-corrected chi connectivity index (χ3v) is 12.8. The highest BCUT2D eigenvalue weighted by molar-refractivity contribution is 4.82. The summed E-state index contributed by atoms with van der Waals surface area (Å²) in [5.41, 5.74) is 0. The second kappa shape index (κ2) is 20.8. The summed E-state index contributed by atoms with van der Waals surface area (Å²) >= 11 is 0. The summed E-state index contributed by atoms with van der Waals surface area (Å²) in [6, 6.07) is 3.90. The fraction of sp³-hybridized carbons (Fsp3) is 1.00. The molecule has 240 valence electrons. The van der Waals surface area contributed by atoms with E-state index < -0.39 is 0 Å². The monoisotopic (exact) mass is 571 g/mol. The van der Waals surface area contributed by atoms with Crippen LogP contribution in [0.2, 0.25) is 0 Å². The van der Waals surface area contributed by atoms with E-state index in [1.165, 1.54) is 180 Å². The van der Waals surface area contributed by atoms with E-state index in [9.17, 15) is 0 Å². The second-order valence-corrected chi connectivity index (χ2v) is 15.7. The van der Waals surface area contributed by atoms with E-state index in [-0.39, 0.29) is 0 Å². The van der Waals surface area contributed by atoms with Gasteiger partial charge in [0, 0.05) is 0 Å². The molecule has 0 aromatic rings. The van der Waals surface area contributed by atoms with Crippen LogP contribution in [0.25, 0.3) is 0 Å². The van der Waals surface area contributed by atoms with Crippen LogP contribution in [0.1, 0.15) is 231 Å². The summed E-state index contributed by atoms with van der Waals surface area (Å²) in [5.74, 6) is 0. The van der Waals surface area contributed by atoms with Crippen LogP contribution in [0.15, 0.2) is 0 Å². The Bertz CT molecular complexity index is 477. The van der Waals surface area contributed by atoms with Gasteiger partial charge in [0.1, 0.15) is 0 Å². The fourth-order valence-electron chi connectivity index (χ4n) is 10.7. The van der Waals surface area contributed by atoms with Gasteiger partial charge in [-0.1, -0.05) is 128 Å². The minimum Gasteiger partial charge on any atom is -0.314 e. The van der Waals surface area contributed by atoms with Crippen LogP contribution < -0.4 is 0 Å². The molecule has 1 heteroatoms. The van der Waals surface area contributed by atoms with Crippen molar-refractivity contribution in [1.29, 1.82) is 0 Å². The predicted molar refractivity (Wildman–Crippen MR) is 182 cm³/mol. The van der Waals surface area contributed by atoms with Gasteiger partial charge >= 0.3 is 0 Å². The van der Waals surface area contributed by atoms with Crippen LogP contribution in [0, 0.1) is 0 Å². The minimum absolute atomic E-state index is 0.974. The second-order valence-electron chi connectivity index (χ2n) is 15.7. The molecule has 1 nitrogen and oxygen atoms in total. The van der Waals surface area contributed by atoms with Gasteiger partial charge in [-0.3, -0.25) is 0 Å². The Labute approximate surface area is 259 Å². The van der Waals surface area contributed by atoms with E-state index in [2.05, 4.69) is 0 Å². The Hall–Kier alpha value is -0.0400. The first-order valence-electron chi connectivity index (χ1n) is 20.3. The zero-order valence-corrected chi connectivity index (χ0v) is 28.2. The molecule has 4 aliphatic rings. The summed E-state index contributed by atoms with van der Waals surface area (Å²) in [4.78, 5) is 0. The molecule has 0 aromatic carbocycles. The molecule has 0 heterocycles. The van der Waals surface area contributed by atoms with Crippen molar-refractivity contribution in [2.45, 2.75) is 255 Å². The largest absolute Gasteiger partial charge is 0.314 e. The average Bonchev–Trinajstić information content (AvgIpc) is 3.01. The molecule has 0 saturated heterocycles. The van der Waals surface area contributed by atoms with Gasteiger partial charge < -0.3 is 4.48 Å². The van der Waals surface area contributed by atoms with Crippen LogP contribution in [-0.4, -0.2) is 28.7 Å². The molecule has 0 N–H and O–H groups in total. The molecular weight excluding hydrogens is 494 g/mol. The lowest BCUT2D eigenvalue weighted by atomic mass is 9.79. The molecule has 41 heavy (non-hydrogen) atoms. The highest BCUT2D eigenvalue weighted by Crippen LogP contribution is 2.45. The number of nitrogens with zero attached hydrogens (tertiary/aromatic N) is 1. The lowest BCUT2D eigenvalue weighted by Gasteiger charge is -2.60. The highest BCUT2D eigenvalue weighted by atomic mass is 15.4. The molecule has 0 spiro atoms. The lowest BCUT2D eigenvalue weighted by Crippen LogP contribution is -2.71. The van der Waals surface area contributed by atoms with Gasteiger partial charge in [-0.2, -0.15) is 0 Å². The summed E-state index contributed by atoms with van der Waals surface area (Å²) < 4.78 is 1.67. The Morgan fingerprint density at radius 3 is 0.439 bits per heavy atom. The SMILES string of the molecule is C1CCCCC([N+](C2CCCCCCCCC2)(C2CCCCCCCCC2)C2CCCCCCCCC2)CCCC1. The molecule has 4 rings (SSSR count). The number of hydrogen-bond donors (Lipinski definition) is 0. The van der Waals surface area contributed by atoms with Crippen molar-refractivity contribution >= 4 is 0 Å². The zero-order chi connectivity index (χ0) is 28.3. The quantitative estimate of drug-likeness (QED) is 0.295. The van der Waals surface area contributed by atoms with Crippen molar-refractivity contribution in [2.24, 2.45) is 0 Å². The first-order valence-corrected chi connectivity index (χ1v) is 20.3. The number of hydrogen-bond acceptors (Lipinski definition) is 0. The van der Waals surface area contributed by atoms with E-state index >= 15 is 0 Å². The first-order chi connectivity index (χ1) is 20.4.